The second-order valence-electron chi connectivity index (χ2n) is 8.82. The van der Waals surface area contributed by atoms with Crippen molar-refractivity contribution in [1.29, 1.82) is 0 Å². The molecular formula is C20H32HgNO3Si+. The van der Waals surface area contributed by atoms with Crippen LogP contribution in [0, 0.1) is 5.92 Å². The number of carbonyl (C=O) groups is 1. The third-order valence-electron chi connectivity index (χ3n) is 5.96. The molecular weight excluding hydrogens is 531 g/mol. The summed E-state index contributed by atoms with van der Waals surface area (Å²) in [6, 6.07) is 10.1. The average molecular weight is 563 g/mol. The van der Waals surface area contributed by atoms with Gasteiger partial charge in [-0.1, -0.05) is 0 Å². The minimum absolute atomic E-state index is 0.119. The van der Waals surface area contributed by atoms with Crippen molar-refractivity contribution in [3.05, 3.63) is 35.9 Å². The summed E-state index contributed by atoms with van der Waals surface area (Å²) >= 11 is 0.637. The van der Waals surface area contributed by atoms with Gasteiger partial charge in [-0.05, 0) is 0 Å². The molecule has 26 heavy (non-hydrogen) atoms. The van der Waals surface area contributed by atoms with E-state index < -0.39 is 8.32 Å². The standard InChI is InChI=1S/C20H32NO3Si.Hg/c1-15-16(2)21(13-18(15)24-25(6,7)20(3,4)5)19(22)23-14-17-11-9-8-10-12-17;/h8-12,15-16,18H,2,13-14H2,1,3-7H3;/q;+1/t15-,16?,18+;/m1./s1. The van der Waals surface area contributed by atoms with Gasteiger partial charge in [0.05, 0.1) is 0 Å². The number of amides is 1. The van der Waals surface area contributed by atoms with Gasteiger partial charge in [-0.15, -0.1) is 0 Å². The van der Waals surface area contributed by atoms with Crippen LogP contribution < -0.4 is 0 Å². The Morgan fingerprint density at radius 3 is 2.42 bits per heavy atom. The Morgan fingerprint density at radius 1 is 1.27 bits per heavy atom. The van der Waals surface area contributed by atoms with Gasteiger partial charge in [-0.3, -0.25) is 0 Å². The van der Waals surface area contributed by atoms with Crippen LogP contribution in [0.3, 0.4) is 0 Å². The van der Waals surface area contributed by atoms with E-state index in [1.807, 2.05) is 35.2 Å². The average Bonchev–Trinajstić information content (AvgIpc) is 2.88. The molecule has 0 aromatic heterocycles. The first-order valence-electron chi connectivity index (χ1n) is 9.51. The van der Waals surface area contributed by atoms with Crippen LogP contribution in [0.25, 0.3) is 0 Å². The topological polar surface area (TPSA) is 38.8 Å². The maximum atomic E-state index is 12.7. The van der Waals surface area contributed by atoms with E-state index in [2.05, 4.69) is 40.8 Å². The van der Waals surface area contributed by atoms with Gasteiger partial charge in [0.2, 0.25) is 0 Å². The first kappa shape index (κ1) is 21.9. The molecule has 0 bridgehead atoms. The SMILES string of the molecule is C[C@@H]1C([CH2][Hg+])N(C(=O)OCc2ccccc2)C[C@@H]1O[Si](C)(C)C(C)(C)C. The van der Waals surface area contributed by atoms with Gasteiger partial charge < -0.3 is 0 Å². The molecule has 1 saturated heterocycles. The van der Waals surface area contributed by atoms with Crippen molar-refractivity contribution in [2.75, 3.05) is 6.54 Å². The van der Waals surface area contributed by atoms with E-state index in [1.54, 1.807) is 0 Å². The second kappa shape index (κ2) is 8.74. The minimum atomic E-state index is -1.85. The summed E-state index contributed by atoms with van der Waals surface area (Å²) in [5.74, 6) is 0.367. The zero-order valence-corrected chi connectivity index (χ0v) is 23.6. The first-order chi connectivity index (χ1) is 12.1. The summed E-state index contributed by atoms with van der Waals surface area (Å²) in [6.45, 7) is 14.6. The molecule has 0 saturated carbocycles. The molecule has 0 spiro atoms. The first-order valence-corrected chi connectivity index (χ1v) is 16.3. The molecule has 140 valence electrons. The third kappa shape index (κ3) is 5.10. The Morgan fingerprint density at radius 2 is 1.88 bits per heavy atom. The van der Waals surface area contributed by atoms with Crippen molar-refractivity contribution in [2.45, 2.75) is 68.5 Å². The summed E-state index contributed by atoms with van der Waals surface area (Å²) in [7, 11) is -1.85. The van der Waals surface area contributed by atoms with Gasteiger partial charge in [0, 0.05) is 0 Å². The number of nitrogens with zero attached hydrogens (tertiary/aromatic N) is 1. The zero-order valence-electron chi connectivity index (χ0n) is 17.1. The van der Waals surface area contributed by atoms with Crippen molar-refractivity contribution < 1.29 is 40.1 Å². The Hall–Kier alpha value is -0.398. The van der Waals surface area contributed by atoms with Crippen LogP contribution in [-0.4, -0.2) is 38.0 Å². The van der Waals surface area contributed by atoms with E-state index in [0.717, 1.165) is 9.49 Å². The fourth-order valence-electron chi connectivity index (χ4n) is 3.16. The van der Waals surface area contributed by atoms with E-state index in [4.69, 9.17) is 9.16 Å². The van der Waals surface area contributed by atoms with Crippen molar-refractivity contribution in [3.63, 3.8) is 0 Å². The van der Waals surface area contributed by atoms with E-state index in [9.17, 15) is 4.79 Å². The van der Waals surface area contributed by atoms with Crippen LogP contribution in [0.15, 0.2) is 30.3 Å². The number of rotatable bonds is 5. The molecule has 1 unspecified atom stereocenters. The second-order valence-corrected chi connectivity index (χ2v) is 15.8. The van der Waals surface area contributed by atoms with Crippen LogP contribution in [-0.2, 0) is 41.9 Å². The molecule has 1 aliphatic heterocycles. The maximum absolute atomic E-state index is 12.7. The molecule has 2 rings (SSSR count). The van der Waals surface area contributed by atoms with Gasteiger partial charge >= 0.3 is 176 Å². The summed E-state index contributed by atoms with van der Waals surface area (Å²) in [5.41, 5.74) is 1.02. The van der Waals surface area contributed by atoms with E-state index in [1.165, 1.54) is 0 Å². The van der Waals surface area contributed by atoms with Crippen LogP contribution in [0.4, 0.5) is 4.79 Å². The van der Waals surface area contributed by atoms with Crippen LogP contribution in [0.1, 0.15) is 33.3 Å². The zero-order chi connectivity index (χ0) is 19.5. The Kier molecular flexibility index (Phi) is 7.36. The monoisotopic (exact) mass is 564 g/mol. The predicted octanol–water partition coefficient (Wildman–Crippen LogP) is 5.00. The molecule has 4 nitrogen and oxygen atoms in total. The number of likely N-dealkylation sites (tertiary alicyclic amines) is 1. The van der Waals surface area contributed by atoms with Gasteiger partial charge in [-0.2, -0.15) is 0 Å². The molecule has 1 amide bonds. The molecule has 1 aromatic carbocycles. The van der Waals surface area contributed by atoms with E-state index in [-0.39, 0.29) is 23.3 Å². The Balaban J connectivity index is 2.03. The van der Waals surface area contributed by atoms with Gasteiger partial charge in [0.15, 0.2) is 0 Å². The summed E-state index contributed by atoms with van der Waals surface area (Å²) in [6.07, 6.45) is -0.0776. The molecule has 0 N–H and O–H groups in total. The number of ether oxygens (including phenoxy) is 1. The van der Waals surface area contributed by atoms with Crippen LogP contribution in [0.2, 0.25) is 22.1 Å². The fraction of sp³-hybridized carbons (Fsp3) is 0.650. The molecule has 0 radical (unpaired) electrons. The van der Waals surface area contributed by atoms with Crippen molar-refractivity contribution in [2.24, 2.45) is 5.92 Å². The summed E-state index contributed by atoms with van der Waals surface area (Å²) in [5, 5.41) is 0.175. The van der Waals surface area contributed by atoms with Crippen molar-refractivity contribution in [3.8, 4) is 0 Å². The van der Waals surface area contributed by atoms with Crippen molar-refractivity contribution in [1.82, 2.24) is 4.90 Å². The van der Waals surface area contributed by atoms with E-state index in [0.29, 0.717) is 45.2 Å². The third-order valence-corrected chi connectivity index (χ3v) is 12.8. The van der Waals surface area contributed by atoms with Crippen molar-refractivity contribution >= 4 is 14.4 Å². The van der Waals surface area contributed by atoms with E-state index >= 15 is 0 Å². The number of hydrogen-bond donors (Lipinski definition) is 0. The normalized spacial score (nSPS) is 24.0. The Labute approximate surface area is 175 Å². The molecule has 1 aliphatic rings. The molecule has 6 heteroatoms. The summed E-state index contributed by atoms with van der Waals surface area (Å²) < 4.78 is 13.4. The molecule has 1 fully saturated rings. The molecule has 1 aromatic rings. The molecule has 1 heterocycles. The fourth-order valence-corrected chi connectivity index (χ4v) is 7.81. The predicted molar refractivity (Wildman–Crippen MR) is 103 cm³/mol. The number of carbonyl (C=O) groups excluding carboxylic acids is 1. The van der Waals surface area contributed by atoms with Gasteiger partial charge in [-0.25, -0.2) is 0 Å². The van der Waals surface area contributed by atoms with Crippen LogP contribution >= 0.6 is 0 Å². The quantitative estimate of drug-likeness (QED) is 0.474. The Bertz CT molecular complexity index is 603. The number of hydrogen-bond acceptors (Lipinski definition) is 3. The van der Waals surface area contributed by atoms with Crippen LogP contribution in [0.5, 0.6) is 0 Å². The van der Waals surface area contributed by atoms with Gasteiger partial charge in [0.25, 0.3) is 0 Å². The number of benzene rings is 1. The summed E-state index contributed by atoms with van der Waals surface area (Å²) in [4.78, 5) is 14.7. The molecule has 3 atom stereocenters. The van der Waals surface area contributed by atoms with Gasteiger partial charge in [0.1, 0.15) is 0 Å². The molecule has 0 aliphatic carbocycles.